The summed E-state index contributed by atoms with van der Waals surface area (Å²) in [6.07, 6.45) is -2.53. The molecule has 0 radical (unpaired) electrons. The Morgan fingerprint density at radius 3 is 2.48 bits per heavy atom. The molecule has 0 N–H and O–H groups in total. The summed E-state index contributed by atoms with van der Waals surface area (Å²) < 4.78 is 38.5. The van der Waals surface area contributed by atoms with Gasteiger partial charge >= 0.3 is 6.18 Å². The standard InChI is InChI=1S/C23H21ClF3N3O/c1-29(20-8-4-6-15-5-2-3-7-18(15)20)22(31)16-9-11-30(12-10-16)21-19(24)13-17(14-28-21)23(25,26)27/h2-8,13-14,16H,9-12H2,1H3. The Kier molecular flexibility index (Phi) is 5.79. The molecule has 31 heavy (non-hydrogen) atoms. The van der Waals surface area contributed by atoms with E-state index in [4.69, 9.17) is 11.6 Å². The van der Waals surface area contributed by atoms with Gasteiger partial charge in [0.2, 0.25) is 5.91 Å². The smallest absolute Gasteiger partial charge is 0.355 e. The van der Waals surface area contributed by atoms with Gasteiger partial charge in [-0.2, -0.15) is 13.2 Å². The summed E-state index contributed by atoms with van der Waals surface area (Å²) in [5.74, 6) is 0.180. The lowest BCUT2D eigenvalue weighted by atomic mass is 9.94. The van der Waals surface area contributed by atoms with E-state index in [1.807, 2.05) is 47.4 Å². The molecule has 4 nitrogen and oxygen atoms in total. The van der Waals surface area contributed by atoms with Gasteiger partial charge in [0.25, 0.3) is 0 Å². The first-order valence-electron chi connectivity index (χ1n) is 9.98. The van der Waals surface area contributed by atoms with Crippen LogP contribution in [-0.4, -0.2) is 31.0 Å². The molecule has 1 fully saturated rings. The van der Waals surface area contributed by atoms with Crippen molar-refractivity contribution >= 4 is 39.8 Å². The molecule has 1 amide bonds. The van der Waals surface area contributed by atoms with Crippen LogP contribution in [0, 0.1) is 5.92 Å². The Hall–Kier alpha value is -2.80. The van der Waals surface area contributed by atoms with Gasteiger partial charge in [0.05, 0.1) is 16.3 Å². The predicted molar refractivity (Wildman–Crippen MR) is 117 cm³/mol. The second kappa shape index (κ2) is 8.38. The van der Waals surface area contributed by atoms with Crippen molar-refractivity contribution in [3.8, 4) is 0 Å². The van der Waals surface area contributed by atoms with Crippen molar-refractivity contribution in [1.82, 2.24) is 4.98 Å². The molecule has 0 atom stereocenters. The molecule has 2 heterocycles. The molecular formula is C23H21ClF3N3O. The SMILES string of the molecule is CN(C(=O)C1CCN(c2ncc(C(F)(F)F)cc2Cl)CC1)c1cccc2ccccc12. The average Bonchev–Trinajstić information content (AvgIpc) is 2.77. The zero-order valence-electron chi connectivity index (χ0n) is 16.9. The lowest BCUT2D eigenvalue weighted by molar-refractivity contribution is -0.137. The van der Waals surface area contributed by atoms with Crippen LogP contribution >= 0.6 is 11.6 Å². The molecule has 0 aliphatic carbocycles. The minimum Gasteiger partial charge on any atom is -0.355 e. The lowest BCUT2D eigenvalue weighted by Gasteiger charge is -2.34. The largest absolute Gasteiger partial charge is 0.417 e. The van der Waals surface area contributed by atoms with Crippen molar-refractivity contribution in [2.24, 2.45) is 5.92 Å². The van der Waals surface area contributed by atoms with Crippen LogP contribution in [0.1, 0.15) is 18.4 Å². The number of anilines is 2. The fourth-order valence-electron chi connectivity index (χ4n) is 4.05. The van der Waals surface area contributed by atoms with E-state index in [0.717, 1.165) is 28.7 Å². The van der Waals surface area contributed by atoms with Crippen LogP contribution in [0.15, 0.2) is 54.7 Å². The molecule has 3 aromatic rings. The van der Waals surface area contributed by atoms with Gasteiger partial charge in [0.15, 0.2) is 0 Å². The summed E-state index contributed by atoms with van der Waals surface area (Å²) in [6, 6.07) is 14.7. The number of carbonyl (C=O) groups is 1. The summed E-state index contributed by atoms with van der Waals surface area (Å²) in [5, 5.41) is 2.05. The normalized spacial score (nSPS) is 15.3. The highest BCUT2D eigenvalue weighted by Gasteiger charge is 2.33. The highest BCUT2D eigenvalue weighted by Crippen LogP contribution is 2.35. The molecule has 1 saturated heterocycles. The summed E-state index contributed by atoms with van der Waals surface area (Å²) >= 11 is 6.07. The molecule has 0 bridgehead atoms. The highest BCUT2D eigenvalue weighted by atomic mass is 35.5. The molecule has 1 aliphatic rings. The summed E-state index contributed by atoms with van der Waals surface area (Å²) in [6.45, 7) is 0.996. The van der Waals surface area contributed by atoms with E-state index in [0.29, 0.717) is 31.7 Å². The summed E-state index contributed by atoms with van der Waals surface area (Å²) in [5.41, 5.74) is -0.0130. The predicted octanol–water partition coefficient (Wildman–Crippen LogP) is 5.79. The molecule has 162 valence electrons. The molecule has 0 spiro atoms. The van der Waals surface area contributed by atoms with Crippen LogP contribution in [0.2, 0.25) is 5.02 Å². The minimum absolute atomic E-state index is 0.0301. The molecule has 4 rings (SSSR count). The van der Waals surface area contributed by atoms with Crippen molar-refractivity contribution in [3.63, 3.8) is 0 Å². The van der Waals surface area contributed by atoms with E-state index >= 15 is 0 Å². The van der Waals surface area contributed by atoms with E-state index in [1.165, 1.54) is 0 Å². The van der Waals surface area contributed by atoms with Crippen molar-refractivity contribution in [2.45, 2.75) is 19.0 Å². The van der Waals surface area contributed by atoms with E-state index in [2.05, 4.69) is 4.98 Å². The zero-order valence-corrected chi connectivity index (χ0v) is 17.6. The Morgan fingerprint density at radius 2 is 1.81 bits per heavy atom. The molecule has 1 aromatic heterocycles. The number of benzene rings is 2. The number of hydrogen-bond acceptors (Lipinski definition) is 3. The van der Waals surface area contributed by atoms with Gasteiger partial charge in [0.1, 0.15) is 5.82 Å². The topological polar surface area (TPSA) is 36.4 Å². The Morgan fingerprint density at radius 1 is 1.13 bits per heavy atom. The van der Waals surface area contributed by atoms with E-state index in [1.54, 1.807) is 11.9 Å². The van der Waals surface area contributed by atoms with Crippen LogP contribution in [-0.2, 0) is 11.0 Å². The second-order valence-corrected chi connectivity index (χ2v) is 8.09. The lowest BCUT2D eigenvalue weighted by Crippen LogP contribution is -2.41. The van der Waals surface area contributed by atoms with Crippen molar-refractivity contribution in [1.29, 1.82) is 0 Å². The number of nitrogens with zero attached hydrogens (tertiary/aromatic N) is 3. The quantitative estimate of drug-likeness (QED) is 0.510. The molecule has 2 aromatic carbocycles. The number of halogens is 4. The van der Waals surface area contributed by atoms with Crippen molar-refractivity contribution in [2.75, 3.05) is 29.9 Å². The minimum atomic E-state index is -4.49. The first-order valence-corrected chi connectivity index (χ1v) is 10.4. The number of piperidine rings is 1. The Labute approximate surface area is 183 Å². The average molecular weight is 448 g/mol. The second-order valence-electron chi connectivity index (χ2n) is 7.68. The van der Waals surface area contributed by atoms with Crippen LogP contribution in [0.5, 0.6) is 0 Å². The maximum atomic E-state index is 13.1. The maximum Gasteiger partial charge on any atom is 0.417 e. The maximum absolute atomic E-state index is 13.1. The van der Waals surface area contributed by atoms with Crippen LogP contribution in [0.25, 0.3) is 10.8 Å². The van der Waals surface area contributed by atoms with Gasteiger partial charge in [-0.25, -0.2) is 4.98 Å². The molecular weight excluding hydrogens is 427 g/mol. The zero-order chi connectivity index (χ0) is 22.2. The van der Waals surface area contributed by atoms with E-state index in [-0.39, 0.29) is 16.8 Å². The molecule has 0 unspecified atom stereocenters. The summed E-state index contributed by atoms with van der Waals surface area (Å²) in [7, 11) is 1.78. The van der Waals surface area contributed by atoms with E-state index in [9.17, 15) is 18.0 Å². The number of carbonyl (C=O) groups excluding carboxylic acids is 1. The van der Waals surface area contributed by atoms with Crippen molar-refractivity contribution < 1.29 is 18.0 Å². The highest BCUT2D eigenvalue weighted by molar-refractivity contribution is 6.33. The van der Waals surface area contributed by atoms with Gasteiger partial charge in [-0.05, 0) is 30.4 Å². The third-order valence-corrected chi connectivity index (χ3v) is 6.03. The van der Waals surface area contributed by atoms with Gasteiger partial charge in [-0.15, -0.1) is 0 Å². The fourth-order valence-corrected chi connectivity index (χ4v) is 4.34. The number of amides is 1. The first-order chi connectivity index (χ1) is 14.8. The number of hydrogen-bond donors (Lipinski definition) is 0. The number of aromatic nitrogens is 1. The summed E-state index contributed by atoms with van der Waals surface area (Å²) in [4.78, 5) is 20.6. The van der Waals surface area contributed by atoms with Crippen LogP contribution in [0.4, 0.5) is 24.7 Å². The van der Waals surface area contributed by atoms with Gasteiger partial charge in [-0.3, -0.25) is 4.79 Å². The van der Waals surface area contributed by atoms with Gasteiger partial charge in [-0.1, -0.05) is 48.0 Å². The van der Waals surface area contributed by atoms with Gasteiger partial charge < -0.3 is 9.80 Å². The first kappa shape index (κ1) is 21.4. The molecule has 0 saturated carbocycles. The third-order valence-electron chi connectivity index (χ3n) is 5.75. The number of rotatable bonds is 3. The van der Waals surface area contributed by atoms with Crippen molar-refractivity contribution in [3.05, 3.63) is 65.3 Å². The Bertz CT molecular complexity index is 1110. The molecule has 8 heteroatoms. The van der Waals surface area contributed by atoms with E-state index < -0.39 is 11.7 Å². The fraction of sp³-hybridized carbons (Fsp3) is 0.304. The van der Waals surface area contributed by atoms with Crippen LogP contribution < -0.4 is 9.80 Å². The monoisotopic (exact) mass is 447 g/mol. The van der Waals surface area contributed by atoms with Crippen LogP contribution in [0.3, 0.4) is 0 Å². The number of pyridine rings is 1. The third kappa shape index (κ3) is 4.32. The number of fused-ring (bicyclic) bond motifs is 1. The molecule has 1 aliphatic heterocycles. The Balaban J connectivity index is 1.45. The number of alkyl halides is 3. The van der Waals surface area contributed by atoms with Gasteiger partial charge in [0, 0.05) is 37.6 Å².